The van der Waals surface area contributed by atoms with Crippen molar-refractivity contribution in [3.63, 3.8) is 0 Å². The highest BCUT2D eigenvalue weighted by molar-refractivity contribution is 7.99. The quantitative estimate of drug-likeness (QED) is 0.453. The highest BCUT2D eigenvalue weighted by atomic mass is 32.2. The molecule has 1 N–H and O–H groups in total. The highest BCUT2D eigenvalue weighted by Gasteiger charge is 2.15. The van der Waals surface area contributed by atoms with Crippen LogP contribution in [-0.2, 0) is 17.9 Å². The molecule has 0 aliphatic heterocycles. The predicted octanol–water partition coefficient (Wildman–Crippen LogP) is 4.97. The van der Waals surface area contributed by atoms with Crippen LogP contribution in [0.2, 0.25) is 0 Å². The maximum atomic E-state index is 12.4. The van der Waals surface area contributed by atoms with Crippen molar-refractivity contribution >= 4 is 17.7 Å². The van der Waals surface area contributed by atoms with Crippen molar-refractivity contribution in [2.75, 3.05) is 5.75 Å². The van der Waals surface area contributed by atoms with Crippen LogP contribution in [0.1, 0.15) is 56.6 Å². The fourth-order valence-corrected chi connectivity index (χ4v) is 4.02. The maximum Gasteiger partial charge on any atom is 0.230 e. The summed E-state index contributed by atoms with van der Waals surface area (Å²) in [4.78, 5) is 12.4. The van der Waals surface area contributed by atoms with E-state index in [2.05, 4.69) is 41.5 Å². The van der Waals surface area contributed by atoms with E-state index in [1.165, 1.54) is 17.3 Å². The predicted molar refractivity (Wildman–Crippen MR) is 124 cm³/mol. The molecule has 6 nitrogen and oxygen atoms in total. The average Bonchev–Trinajstić information content (AvgIpc) is 3.18. The molecule has 3 rings (SSSR count). The fourth-order valence-electron chi connectivity index (χ4n) is 3.19. The summed E-state index contributed by atoms with van der Waals surface area (Å²) in [6.07, 6.45) is 0. The number of thioether (sulfide) groups is 1. The summed E-state index contributed by atoms with van der Waals surface area (Å²) in [5.41, 5.74) is 2.36. The number of ether oxygens (including phenoxy) is 1. The lowest BCUT2D eigenvalue weighted by molar-refractivity contribution is -0.119. The third-order valence-electron chi connectivity index (χ3n) is 5.03. The number of rotatable bonds is 10. The van der Waals surface area contributed by atoms with Gasteiger partial charge in [-0.15, -0.1) is 10.2 Å². The van der Waals surface area contributed by atoms with Gasteiger partial charge < -0.3 is 14.6 Å². The molecule has 0 spiro atoms. The van der Waals surface area contributed by atoms with Crippen molar-refractivity contribution in [2.45, 2.75) is 58.0 Å². The molecule has 1 heterocycles. The maximum absolute atomic E-state index is 12.4. The van der Waals surface area contributed by atoms with Crippen LogP contribution in [0.15, 0.2) is 59.8 Å². The average molecular weight is 439 g/mol. The SMILES string of the molecule is CCn1c(COc2ccc(C(C)C)cc2)nnc1SCC(=O)N[C@H](C)c1ccccc1. The number of hydrogen-bond acceptors (Lipinski definition) is 5. The molecule has 0 aliphatic carbocycles. The van der Waals surface area contributed by atoms with Crippen LogP contribution in [0.25, 0.3) is 0 Å². The van der Waals surface area contributed by atoms with Gasteiger partial charge in [0, 0.05) is 6.54 Å². The molecule has 0 aliphatic rings. The molecule has 0 bridgehead atoms. The van der Waals surface area contributed by atoms with E-state index >= 15 is 0 Å². The Balaban J connectivity index is 1.54. The van der Waals surface area contributed by atoms with E-state index in [0.29, 0.717) is 19.1 Å². The Labute approximate surface area is 188 Å². The second-order valence-corrected chi connectivity index (χ2v) is 8.59. The van der Waals surface area contributed by atoms with Crippen LogP contribution < -0.4 is 10.1 Å². The lowest BCUT2D eigenvalue weighted by atomic mass is 10.0. The minimum Gasteiger partial charge on any atom is -0.486 e. The lowest BCUT2D eigenvalue weighted by Crippen LogP contribution is -2.28. The molecule has 3 aromatic rings. The first-order valence-corrected chi connectivity index (χ1v) is 11.6. The van der Waals surface area contributed by atoms with Gasteiger partial charge in [-0.05, 0) is 43.0 Å². The van der Waals surface area contributed by atoms with Crippen LogP contribution in [0.4, 0.5) is 0 Å². The van der Waals surface area contributed by atoms with Crippen LogP contribution >= 0.6 is 11.8 Å². The van der Waals surface area contributed by atoms with Crippen molar-refractivity contribution in [2.24, 2.45) is 0 Å². The standard InChI is InChI=1S/C24H30N4O2S/c1-5-28-22(15-30-21-13-11-19(12-14-21)17(2)3)26-27-24(28)31-16-23(29)25-18(4)20-9-7-6-8-10-20/h6-14,17-18H,5,15-16H2,1-4H3,(H,25,29)/t18-/m1/s1. The number of nitrogens with one attached hydrogen (secondary N) is 1. The monoisotopic (exact) mass is 438 g/mol. The van der Waals surface area contributed by atoms with Gasteiger partial charge in [0.15, 0.2) is 11.0 Å². The molecule has 0 saturated carbocycles. The zero-order valence-corrected chi connectivity index (χ0v) is 19.4. The Morgan fingerprint density at radius 2 is 1.74 bits per heavy atom. The largest absolute Gasteiger partial charge is 0.486 e. The minimum atomic E-state index is -0.0376. The third kappa shape index (κ3) is 6.34. The summed E-state index contributed by atoms with van der Waals surface area (Å²) < 4.78 is 7.89. The van der Waals surface area contributed by atoms with Gasteiger partial charge in [0.05, 0.1) is 11.8 Å². The minimum absolute atomic E-state index is 0.0324. The topological polar surface area (TPSA) is 69.0 Å². The molecule has 0 fully saturated rings. The summed E-state index contributed by atoms with van der Waals surface area (Å²) in [7, 11) is 0. The van der Waals surface area contributed by atoms with Crippen LogP contribution in [0, 0.1) is 0 Å². The van der Waals surface area contributed by atoms with Crippen molar-refractivity contribution in [3.8, 4) is 5.75 Å². The van der Waals surface area contributed by atoms with Crippen LogP contribution in [0.5, 0.6) is 5.75 Å². The zero-order valence-electron chi connectivity index (χ0n) is 18.5. The van der Waals surface area contributed by atoms with Gasteiger partial charge in [-0.25, -0.2) is 0 Å². The molecule has 164 valence electrons. The normalized spacial score (nSPS) is 12.0. The molecule has 1 aromatic heterocycles. The van der Waals surface area contributed by atoms with Gasteiger partial charge in [-0.3, -0.25) is 4.79 Å². The summed E-state index contributed by atoms with van der Waals surface area (Å²) in [6.45, 7) is 9.40. The van der Waals surface area contributed by atoms with Gasteiger partial charge in [0.2, 0.25) is 5.91 Å². The van der Waals surface area contributed by atoms with Gasteiger partial charge >= 0.3 is 0 Å². The first-order valence-electron chi connectivity index (χ1n) is 10.6. The Bertz CT molecular complexity index is 971. The van der Waals surface area contributed by atoms with Gasteiger partial charge in [0.25, 0.3) is 0 Å². The number of hydrogen-bond donors (Lipinski definition) is 1. The van der Waals surface area contributed by atoms with Crippen molar-refractivity contribution in [1.82, 2.24) is 20.1 Å². The molecule has 1 atom stereocenters. The Morgan fingerprint density at radius 3 is 2.39 bits per heavy atom. The number of carbonyl (C=O) groups excluding carboxylic acids is 1. The summed E-state index contributed by atoms with van der Waals surface area (Å²) in [5.74, 6) is 2.29. The second-order valence-electron chi connectivity index (χ2n) is 7.64. The molecule has 0 radical (unpaired) electrons. The van der Waals surface area contributed by atoms with Crippen molar-refractivity contribution in [3.05, 3.63) is 71.5 Å². The first kappa shape index (κ1) is 22.9. The van der Waals surface area contributed by atoms with E-state index in [1.54, 1.807) is 0 Å². The summed E-state index contributed by atoms with van der Waals surface area (Å²) in [5, 5.41) is 12.3. The van der Waals surface area contributed by atoms with E-state index in [1.807, 2.05) is 60.9 Å². The smallest absolute Gasteiger partial charge is 0.230 e. The molecule has 1 amide bonds. The number of nitrogens with zero attached hydrogens (tertiary/aromatic N) is 3. The molecular weight excluding hydrogens is 408 g/mol. The highest BCUT2D eigenvalue weighted by Crippen LogP contribution is 2.21. The van der Waals surface area contributed by atoms with E-state index < -0.39 is 0 Å². The molecule has 0 unspecified atom stereocenters. The van der Waals surface area contributed by atoms with E-state index in [9.17, 15) is 4.79 Å². The molecular formula is C24H30N4O2S. The van der Waals surface area contributed by atoms with Crippen LogP contribution in [-0.4, -0.2) is 26.4 Å². The lowest BCUT2D eigenvalue weighted by Gasteiger charge is -2.14. The van der Waals surface area contributed by atoms with Crippen molar-refractivity contribution in [1.29, 1.82) is 0 Å². The first-order chi connectivity index (χ1) is 15.0. The van der Waals surface area contributed by atoms with E-state index in [-0.39, 0.29) is 17.7 Å². The number of carbonyl (C=O) groups is 1. The Kier molecular flexibility index (Phi) is 8.12. The second kappa shape index (κ2) is 11.0. The molecule has 0 saturated heterocycles. The summed E-state index contributed by atoms with van der Waals surface area (Å²) in [6, 6.07) is 18.0. The molecule has 31 heavy (non-hydrogen) atoms. The molecule has 2 aromatic carbocycles. The van der Waals surface area contributed by atoms with Crippen molar-refractivity contribution < 1.29 is 9.53 Å². The Hall–Kier alpha value is -2.80. The number of amides is 1. The van der Waals surface area contributed by atoms with Gasteiger partial charge in [0.1, 0.15) is 12.4 Å². The fraction of sp³-hybridized carbons (Fsp3) is 0.375. The summed E-state index contributed by atoms with van der Waals surface area (Å²) >= 11 is 1.39. The molecule has 7 heteroatoms. The third-order valence-corrected chi connectivity index (χ3v) is 6.00. The number of aromatic nitrogens is 3. The Morgan fingerprint density at radius 1 is 1.03 bits per heavy atom. The van der Waals surface area contributed by atoms with Gasteiger partial charge in [-0.1, -0.05) is 68.1 Å². The zero-order chi connectivity index (χ0) is 22.2. The number of benzene rings is 2. The van der Waals surface area contributed by atoms with E-state index in [0.717, 1.165) is 22.3 Å². The van der Waals surface area contributed by atoms with Crippen LogP contribution in [0.3, 0.4) is 0 Å². The van der Waals surface area contributed by atoms with Gasteiger partial charge in [-0.2, -0.15) is 0 Å². The van der Waals surface area contributed by atoms with E-state index in [4.69, 9.17) is 4.74 Å².